The third-order valence-corrected chi connectivity index (χ3v) is 18.5. The lowest BCUT2D eigenvalue weighted by molar-refractivity contribution is -0.669. The molecule has 24 nitrogen and oxygen atoms in total. The molecule has 7 N–H and O–H groups in total. The van der Waals surface area contributed by atoms with Crippen LogP contribution >= 0.6 is 34.4 Å². The van der Waals surface area contributed by atoms with Gasteiger partial charge in [-0.3, -0.25) is 28.2 Å². The summed E-state index contributed by atoms with van der Waals surface area (Å²) in [5, 5.41) is 21.0. The van der Waals surface area contributed by atoms with Gasteiger partial charge in [0.25, 0.3) is 51.3 Å². The first-order valence-electron chi connectivity index (χ1n) is 22.7. The maximum absolute atomic E-state index is 13.3. The normalized spacial score (nSPS) is 13.8. The van der Waals surface area contributed by atoms with Crippen molar-refractivity contribution in [1.82, 2.24) is 20.5 Å². The maximum atomic E-state index is 13.3. The zero-order chi connectivity index (χ0) is 56.9. The van der Waals surface area contributed by atoms with Gasteiger partial charge in [0.1, 0.15) is 4.70 Å². The number of nitrogens with one attached hydrogen (secondary N) is 2. The highest BCUT2D eigenvalue weighted by molar-refractivity contribution is 8.04. The molecule has 0 fully saturated rings. The molecule has 0 unspecified atom stereocenters. The molecule has 8 rings (SSSR count). The number of unbranched alkanes of at least 4 members (excludes halogenated alkanes) is 1. The third kappa shape index (κ3) is 14.8. The van der Waals surface area contributed by atoms with Gasteiger partial charge >= 0.3 is 10.6 Å². The second kappa shape index (κ2) is 24.3. The number of hydrogen-bond acceptors (Lipinski definition) is 20. The van der Waals surface area contributed by atoms with Crippen LogP contribution in [0.15, 0.2) is 115 Å². The molecule has 32 heteroatoms. The number of primary sulfonamides is 1. The SMILES string of the molecule is CCCC[n+]1c(/C=C/C(=C/C=C2\Sc3c(ccc4c(C)cc(S(=O)(=O)O)cc34)N2CCCS(=O)(=O)O)c2ccc(C(=O)NCCC(=O)Nc3nnc(S(N)(=O)=O)s3)cn2)sc2c3cc(S(=O)(=O)O)ccc3ccc21.O=S(=O)=O. The van der Waals surface area contributed by atoms with Gasteiger partial charge in [-0.2, -0.15) is 29.8 Å². The fraction of sp³-hybridized carbons (Fsp3) is 0.217. The Balaban J connectivity index is 0.00000213. The highest BCUT2D eigenvalue weighted by Crippen LogP contribution is 2.50. The lowest BCUT2D eigenvalue weighted by Crippen LogP contribution is -2.34. The predicted octanol–water partition coefficient (Wildman–Crippen LogP) is 5.57. The summed E-state index contributed by atoms with van der Waals surface area (Å²) in [6.45, 7) is 4.38. The number of amides is 2. The summed E-state index contributed by atoms with van der Waals surface area (Å²) < 4.78 is 153. The van der Waals surface area contributed by atoms with Gasteiger partial charge in [0.15, 0.2) is 6.54 Å². The number of nitrogens with two attached hydrogens (primary N) is 1. The first-order chi connectivity index (χ1) is 36.6. The summed E-state index contributed by atoms with van der Waals surface area (Å²) in [6, 6.07) is 17.8. The number of sulfonamides is 1. The van der Waals surface area contributed by atoms with Crippen LogP contribution in [0, 0.1) is 6.92 Å². The van der Waals surface area contributed by atoms with Crippen LogP contribution in [0.2, 0.25) is 0 Å². The standard InChI is InChI=1S/C46H44N8O13S7.O3S/c1-3-4-20-53-37-14-8-28-6-11-31(73(62,63)64)24-34(28)42(37)68-40(53)16-9-29(36-13-7-30(26-49-36)44(56)48-19-18-39(55)50-45-51-52-46(70-45)72(47,60)61)10-17-41-54(21-5-22-71(57,58)59)38-15-12-33-27(2)23-32(74(65,66)67)25-35(33)43(38)69-41;1-4(2)3/h6-17,23-26H,3-5,18-22H2,1-2H3,(H6-,47,48,50,51,55,56,57,58,59,60,61,62,63,64,65,66,67);/p+1. The molecule has 0 radical (unpaired) electrons. The summed E-state index contributed by atoms with van der Waals surface area (Å²) in [7, 11) is -20.7. The zero-order valence-electron chi connectivity index (χ0n) is 40.6. The van der Waals surface area contributed by atoms with Gasteiger partial charge in [0.2, 0.25) is 20.9 Å². The number of aromatic nitrogens is 4. The van der Waals surface area contributed by atoms with Gasteiger partial charge in [0, 0.05) is 60.1 Å². The Morgan fingerprint density at radius 1 is 0.846 bits per heavy atom. The van der Waals surface area contributed by atoms with Crippen LogP contribution < -0.4 is 25.2 Å². The number of nitrogens with zero attached hydrogens (tertiary/aromatic N) is 5. The number of aryl methyl sites for hydroxylation is 2. The van der Waals surface area contributed by atoms with Crippen LogP contribution in [0.5, 0.6) is 0 Å². The average Bonchev–Trinajstić information content (AvgIpc) is 4.12. The minimum absolute atomic E-state index is 0.0139. The molecule has 2 amide bonds. The molecule has 0 aliphatic carbocycles. The summed E-state index contributed by atoms with van der Waals surface area (Å²) in [6.07, 6.45) is 10.1. The Bertz CT molecular complexity index is 4220. The molecule has 78 heavy (non-hydrogen) atoms. The molecule has 7 aromatic rings. The van der Waals surface area contributed by atoms with Crippen molar-refractivity contribution < 1.29 is 74.1 Å². The van der Waals surface area contributed by atoms with Crippen LogP contribution in [0.25, 0.3) is 43.4 Å². The average molecular weight is 1220 g/mol. The van der Waals surface area contributed by atoms with E-state index in [9.17, 15) is 56.9 Å². The maximum Gasteiger partial charge on any atom is 0.425 e. The van der Waals surface area contributed by atoms with Crippen LogP contribution in [0.4, 0.5) is 10.8 Å². The molecular formula is C46H45N8O16S8+. The molecule has 412 valence electrons. The van der Waals surface area contributed by atoms with Crippen molar-refractivity contribution in [2.45, 2.75) is 65.1 Å². The van der Waals surface area contributed by atoms with Gasteiger partial charge < -0.3 is 15.5 Å². The van der Waals surface area contributed by atoms with Gasteiger partial charge in [-0.25, -0.2) is 13.6 Å². The van der Waals surface area contributed by atoms with Crippen molar-refractivity contribution in [3.63, 3.8) is 0 Å². The smallest absolute Gasteiger partial charge is 0.351 e. The molecule has 0 saturated heterocycles. The minimum atomic E-state index is -4.59. The highest BCUT2D eigenvalue weighted by atomic mass is 32.2. The molecule has 0 saturated carbocycles. The second-order valence-electron chi connectivity index (χ2n) is 16.9. The van der Waals surface area contributed by atoms with E-state index in [0.29, 0.717) is 61.1 Å². The van der Waals surface area contributed by atoms with Gasteiger partial charge in [-0.05, 0) is 95.7 Å². The van der Waals surface area contributed by atoms with Crippen LogP contribution in [-0.2, 0) is 62.3 Å². The number of fused-ring (bicyclic) bond motifs is 6. The number of carbonyl (C=O) groups is 2. The molecule has 1 aliphatic rings. The number of rotatable bonds is 19. The number of benzene rings is 4. The lowest BCUT2D eigenvalue weighted by Gasteiger charge is -2.20. The van der Waals surface area contributed by atoms with Gasteiger partial charge in [-0.1, -0.05) is 66.0 Å². The Kier molecular flexibility index (Phi) is 18.5. The Morgan fingerprint density at radius 3 is 2.19 bits per heavy atom. The van der Waals surface area contributed by atoms with Crippen molar-refractivity contribution in [2.24, 2.45) is 5.14 Å². The Labute approximate surface area is 460 Å². The predicted molar refractivity (Wildman–Crippen MR) is 293 cm³/mol. The number of thiazole rings is 1. The second-order valence-corrected chi connectivity index (χ2v) is 26.5. The first kappa shape index (κ1) is 59.2. The van der Waals surface area contributed by atoms with E-state index >= 15 is 0 Å². The van der Waals surface area contributed by atoms with E-state index < -0.39 is 72.9 Å². The fourth-order valence-electron chi connectivity index (χ4n) is 7.94. The number of thioether (sulfide) groups is 1. The molecule has 1 aliphatic heterocycles. The molecule has 0 atom stereocenters. The quantitative estimate of drug-likeness (QED) is 0.0249. The van der Waals surface area contributed by atoms with E-state index in [-0.39, 0.29) is 46.4 Å². The number of allylic oxidation sites excluding steroid dienone is 4. The van der Waals surface area contributed by atoms with Crippen LogP contribution in [0.3, 0.4) is 0 Å². The molecule has 3 aromatic heterocycles. The van der Waals surface area contributed by atoms with Crippen LogP contribution in [0.1, 0.15) is 59.2 Å². The number of hydrogen-bond donors (Lipinski definition) is 6. The minimum Gasteiger partial charge on any atom is -0.351 e. The zero-order valence-corrected chi connectivity index (χ0v) is 47.2. The molecule has 4 aromatic carbocycles. The lowest BCUT2D eigenvalue weighted by atomic mass is 10.0. The third-order valence-electron chi connectivity index (χ3n) is 11.5. The monoisotopic (exact) mass is 1220 g/mol. The van der Waals surface area contributed by atoms with Crippen molar-refractivity contribution in [1.29, 1.82) is 0 Å². The molecular weight excluding hydrogens is 1180 g/mol. The highest BCUT2D eigenvalue weighted by Gasteiger charge is 2.29. The van der Waals surface area contributed by atoms with Gasteiger partial charge in [0.05, 0.1) is 37.5 Å². The van der Waals surface area contributed by atoms with Crippen molar-refractivity contribution in [2.75, 3.05) is 29.1 Å². The summed E-state index contributed by atoms with van der Waals surface area (Å²) >= 11 is 3.26. The molecule has 4 heterocycles. The van der Waals surface area contributed by atoms with Crippen molar-refractivity contribution >= 4 is 151 Å². The summed E-state index contributed by atoms with van der Waals surface area (Å²) in [4.78, 5) is 32.4. The van der Waals surface area contributed by atoms with E-state index in [1.807, 2.05) is 35.3 Å². The Morgan fingerprint density at radius 2 is 1.55 bits per heavy atom. The number of carbonyl (C=O) groups excluding carboxylic acids is 2. The van der Waals surface area contributed by atoms with E-state index in [2.05, 4.69) is 37.3 Å². The Hall–Kier alpha value is -6.43. The summed E-state index contributed by atoms with van der Waals surface area (Å²) in [5.41, 5.74) is 3.10. The van der Waals surface area contributed by atoms with E-state index in [4.69, 9.17) is 17.8 Å². The summed E-state index contributed by atoms with van der Waals surface area (Å²) in [5.74, 6) is -1.67. The largest absolute Gasteiger partial charge is 0.425 e. The first-order valence-corrected chi connectivity index (χ1v) is 32.2. The topological polar surface area (TPSA) is 378 Å². The molecule has 0 spiro atoms. The number of anilines is 2. The number of pyridine rings is 1. The van der Waals surface area contributed by atoms with E-state index in [0.717, 1.165) is 38.8 Å². The molecule has 0 bridgehead atoms. The van der Waals surface area contributed by atoms with E-state index in [1.165, 1.54) is 59.6 Å². The van der Waals surface area contributed by atoms with Crippen molar-refractivity contribution in [3.05, 3.63) is 118 Å². The fourth-order valence-corrected chi connectivity index (χ4v) is 13.3. The van der Waals surface area contributed by atoms with E-state index in [1.54, 1.807) is 37.3 Å². The van der Waals surface area contributed by atoms with Crippen LogP contribution in [-0.4, -0.2) is 106 Å². The van der Waals surface area contributed by atoms with Gasteiger partial charge in [-0.15, -0.1) is 22.8 Å². The van der Waals surface area contributed by atoms with Crippen molar-refractivity contribution in [3.8, 4) is 0 Å².